The molecule has 0 bridgehead atoms. The quantitative estimate of drug-likeness (QED) is 0.813. The molecule has 1 aromatic heterocycles. The van der Waals surface area contributed by atoms with Crippen LogP contribution >= 0.6 is 11.6 Å². The molecule has 2 rings (SSSR count). The fourth-order valence-corrected chi connectivity index (χ4v) is 2.46. The molecule has 0 saturated heterocycles. The molecule has 1 aromatic rings. The van der Waals surface area contributed by atoms with Gasteiger partial charge in [0.2, 0.25) is 0 Å². The third-order valence-corrected chi connectivity index (χ3v) is 3.59. The molecule has 0 aliphatic heterocycles. The molecule has 0 atom stereocenters. The monoisotopic (exact) mass is 249 g/mol. The molecular weight excluding hydrogens is 234 g/mol. The third kappa shape index (κ3) is 3.10. The fraction of sp³-hybridized carbons (Fsp3) is 0.538. The van der Waals surface area contributed by atoms with E-state index >= 15 is 0 Å². The minimum absolute atomic E-state index is 0.441. The lowest BCUT2D eigenvalue weighted by Gasteiger charge is -2.17. The number of nitriles is 1. The maximum absolute atomic E-state index is 8.90. The first-order chi connectivity index (χ1) is 8.31. The lowest BCUT2D eigenvalue weighted by Crippen LogP contribution is -2.19. The molecule has 1 fully saturated rings. The molecule has 0 amide bonds. The summed E-state index contributed by atoms with van der Waals surface area (Å²) in [5.41, 5.74) is 0.484. The van der Waals surface area contributed by atoms with Gasteiger partial charge in [-0.2, -0.15) is 5.26 Å². The number of rotatable bonds is 2. The second-order valence-electron chi connectivity index (χ2n) is 4.47. The molecule has 17 heavy (non-hydrogen) atoms. The largest absolute Gasteiger partial charge is 0.366 e. The van der Waals surface area contributed by atoms with Gasteiger partial charge in [0.15, 0.2) is 0 Å². The second-order valence-corrected chi connectivity index (χ2v) is 4.84. The van der Waals surface area contributed by atoms with Gasteiger partial charge >= 0.3 is 0 Å². The summed E-state index contributed by atoms with van der Waals surface area (Å²) in [5, 5.41) is 12.7. The topological polar surface area (TPSA) is 48.7 Å². The fourth-order valence-electron chi connectivity index (χ4n) is 2.25. The van der Waals surface area contributed by atoms with E-state index in [0.717, 1.165) is 12.8 Å². The van der Waals surface area contributed by atoms with Gasteiger partial charge in [0.25, 0.3) is 0 Å². The van der Waals surface area contributed by atoms with E-state index in [1.807, 2.05) is 0 Å². The number of hydrogen-bond acceptors (Lipinski definition) is 3. The van der Waals surface area contributed by atoms with E-state index in [0.29, 0.717) is 22.4 Å². The molecule has 4 heteroatoms. The highest BCUT2D eigenvalue weighted by Gasteiger charge is 2.15. The lowest BCUT2D eigenvalue weighted by atomic mass is 10.1. The first-order valence-corrected chi connectivity index (χ1v) is 6.50. The van der Waals surface area contributed by atoms with Gasteiger partial charge in [-0.05, 0) is 18.9 Å². The molecule has 1 N–H and O–H groups in total. The number of nitrogens with zero attached hydrogens (tertiary/aromatic N) is 2. The minimum atomic E-state index is 0.441. The Morgan fingerprint density at radius 1 is 1.29 bits per heavy atom. The Hall–Kier alpha value is -1.27. The van der Waals surface area contributed by atoms with Crippen LogP contribution in [0, 0.1) is 11.3 Å². The molecule has 1 saturated carbocycles. The molecule has 1 aliphatic rings. The van der Waals surface area contributed by atoms with Crippen LogP contribution in [0.5, 0.6) is 0 Å². The normalized spacial score (nSPS) is 17.2. The summed E-state index contributed by atoms with van der Waals surface area (Å²) in [5.74, 6) is 0.651. The average molecular weight is 250 g/mol. The van der Waals surface area contributed by atoms with E-state index in [9.17, 15) is 0 Å². The molecular formula is C13H16ClN3. The van der Waals surface area contributed by atoms with Crippen LogP contribution in [0.1, 0.15) is 44.1 Å². The van der Waals surface area contributed by atoms with Gasteiger partial charge in [0, 0.05) is 12.2 Å². The van der Waals surface area contributed by atoms with Crippen molar-refractivity contribution in [3.05, 3.63) is 22.8 Å². The SMILES string of the molecule is N#Cc1ccnc(NC2CCCCCC2)c1Cl. The molecule has 0 unspecified atom stereocenters. The summed E-state index contributed by atoms with van der Waals surface area (Å²) in [6.45, 7) is 0. The number of pyridine rings is 1. The van der Waals surface area contributed by atoms with Gasteiger partial charge in [-0.25, -0.2) is 4.98 Å². The van der Waals surface area contributed by atoms with E-state index in [1.165, 1.54) is 25.7 Å². The van der Waals surface area contributed by atoms with Crippen molar-refractivity contribution >= 4 is 17.4 Å². The van der Waals surface area contributed by atoms with E-state index < -0.39 is 0 Å². The Balaban J connectivity index is 2.10. The van der Waals surface area contributed by atoms with Crippen molar-refractivity contribution in [3.8, 4) is 6.07 Å². The number of nitrogens with one attached hydrogen (secondary N) is 1. The van der Waals surface area contributed by atoms with Gasteiger partial charge < -0.3 is 5.32 Å². The van der Waals surface area contributed by atoms with Crippen molar-refractivity contribution in [1.29, 1.82) is 5.26 Å². The predicted octanol–water partition coefficient (Wildman–Crippen LogP) is 3.74. The van der Waals surface area contributed by atoms with E-state index in [2.05, 4.69) is 16.4 Å². The minimum Gasteiger partial charge on any atom is -0.366 e. The number of hydrogen-bond donors (Lipinski definition) is 1. The summed E-state index contributed by atoms with van der Waals surface area (Å²) >= 11 is 6.12. The first-order valence-electron chi connectivity index (χ1n) is 6.12. The Bertz CT molecular complexity index is 417. The molecule has 0 spiro atoms. The molecule has 3 nitrogen and oxygen atoms in total. The van der Waals surface area contributed by atoms with Crippen LogP contribution in [0.15, 0.2) is 12.3 Å². The van der Waals surface area contributed by atoms with Gasteiger partial charge in [0.1, 0.15) is 16.9 Å². The second kappa shape index (κ2) is 5.88. The van der Waals surface area contributed by atoms with Gasteiger partial charge in [-0.1, -0.05) is 37.3 Å². The van der Waals surface area contributed by atoms with Crippen molar-refractivity contribution in [2.75, 3.05) is 5.32 Å². The van der Waals surface area contributed by atoms with Crippen LogP contribution in [0.25, 0.3) is 0 Å². The maximum atomic E-state index is 8.90. The summed E-state index contributed by atoms with van der Waals surface area (Å²) in [4.78, 5) is 4.22. The summed E-state index contributed by atoms with van der Waals surface area (Å²) in [6, 6.07) is 4.15. The van der Waals surface area contributed by atoms with Gasteiger partial charge in [-0.3, -0.25) is 0 Å². The average Bonchev–Trinajstić information content (AvgIpc) is 2.60. The number of aromatic nitrogens is 1. The highest BCUT2D eigenvalue weighted by molar-refractivity contribution is 6.34. The standard InChI is InChI=1S/C13H16ClN3/c14-12-10(9-15)7-8-16-13(12)17-11-5-3-1-2-4-6-11/h7-8,11H,1-6H2,(H,16,17). The summed E-state index contributed by atoms with van der Waals surface area (Å²) in [7, 11) is 0. The Labute approximate surface area is 107 Å². The van der Waals surface area contributed by atoms with Crippen molar-refractivity contribution in [3.63, 3.8) is 0 Å². The van der Waals surface area contributed by atoms with Crippen molar-refractivity contribution in [2.45, 2.75) is 44.6 Å². The Kier molecular flexibility index (Phi) is 4.22. The Morgan fingerprint density at radius 3 is 2.65 bits per heavy atom. The predicted molar refractivity (Wildman–Crippen MR) is 69.1 cm³/mol. The highest BCUT2D eigenvalue weighted by Crippen LogP contribution is 2.26. The number of halogens is 1. The summed E-state index contributed by atoms with van der Waals surface area (Å²) < 4.78 is 0. The van der Waals surface area contributed by atoms with Crippen molar-refractivity contribution in [1.82, 2.24) is 4.98 Å². The molecule has 1 heterocycles. The van der Waals surface area contributed by atoms with Gasteiger partial charge in [0.05, 0.1) is 5.56 Å². The van der Waals surface area contributed by atoms with E-state index in [4.69, 9.17) is 16.9 Å². The smallest absolute Gasteiger partial charge is 0.146 e. The first kappa shape index (κ1) is 12.2. The Morgan fingerprint density at radius 2 is 2.00 bits per heavy atom. The van der Waals surface area contributed by atoms with Crippen LogP contribution in [-0.2, 0) is 0 Å². The molecule has 0 aromatic carbocycles. The van der Waals surface area contributed by atoms with Gasteiger partial charge in [-0.15, -0.1) is 0 Å². The zero-order valence-corrected chi connectivity index (χ0v) is 10.5. The zero-order chi connectivity index (χ0) is 12.1. The third-order valence-electron chi connectivity index (χ3n) is 3.21. The van der Waals surface area contributed by atoms with Crippen LogP contribution in [0.3, 0.4) is 0 Å². The van der Waals surface area contributed by atoms with E-state index in [1.54, 1.807) is 12.3 Å². The van der Waals surface area contributed by atoms with Crippen LogP contribution in [0.2, 0.25) is 5.02 Å². The van der Waals surface area contributed by atoms with Crippen LogP contribution < -0.4 is 5.32 Å². The molecule has 90 valence electrons. The van der Waals surface area contributed by atoms with Crippen LogP contribution in [-0.4, -0.2) is 11.0 Å². The van der Waals surface area contributed by atoms with Crippen LogP contribution in [0.4, 0.5) is 5.82 Å². The van der Waals surface area contributed by atoms with Crippen molar-refractivity contribution < 1.29 is 0 Å². The highest BCUT2D eigenvalue weighted by atomic mass is 35.5. The molecule has 1 aliphatic carbocycles. The van der Waals surface area contributed by atoms with Crippen molar-refractivity contribution in [2.24, 2.45) is 0 Å². The maximum Gasteiger partial charge on any atom is 0.146 e. The summed E-state index contributed by atoms with van der Waals surface area (Å²) in [6.07, 6.45) is 9.10. The van der Waals surface area contributed by atoms with E-state index in [-0.39, 0.29) is 0 Å². The molecule has 0 radical (unpaired) electrons. The zero-order valence-electron chi connectivity index (χ0n) is 9.75. The number of anilines is 1. The lowest BCUT2D eigenvalue weighted by molar-refractivity contribution is 0.618.